The second-order valence-corrected chi connectivity index (χ2v) is 5.85. The first-order valence-electron chi connectivity index (χ1n) is 7.89. The zero-order valence-electron chi connectivity index (χ0n) is 13.0. The van der Waals surface area contributed by atoms with Gasteiger partial charge in [-0.3, -0.25) is 9.80 Å². The summed E-state index contributed by atoms with van der Waals surface area (Å²) in [5.74, 6) is 0.421. The third-order valence-electron chi connectivity index (χ3n) is 4.62. The topological polar surface area (TPSA) is 26.7 Å². The lowest BCUT2D eigenvalue weighted by molar-refractivity contribution is 0.159. The maximum atomic E-state index is 10.1. The zero-order chi connectivity index (χ0) is 14.5. The zero-order valence-corrected chi connectivity index (χ0v) is 13.0. The summed E-state index contributed by atoms with van der Waals surface area (Å²) < 4.78 is 0. The van der Waals surface area contributed by atoms with E-state index in [-0.39, 0.29) is 0 Å². The van der Waals surface area contributed by atoms with Crippen LogP contribution in [0.3, 0.4) is 0 Å². The second kappa shape index (κ2) is 7.09. The van der Waals surface area contributed by atoms with Crippen molar-refractivity contribution in [3.63, 3.8) is 0 Å². The van der Waals surface area contributed by atoms with Crippen LogP contribution in [0.25, 0.3) is 0 Å². The summed E-state index contributed by atoms with van der Waals surface area (Å²) in [4.78, 5) is 4.99. The first-order chi connectivity index (χ1) is 9.67. The molecular formula is C17H28N2O. The van der Waals surface area contributed by atoms with Crippen LogP contribution in [-0.4, -0.2) is 47.6 Å². The minimum atomic E-state index is 0.301. The van der Waals surface area contributed by atoms with Gasteiger partial charge >= 0.3 is 0 Å². The van der Waals surface area contributed by atoms with Gasteiger partial charge in [0, 0.05) is 24.2 Å². The van der Waals surface area contributed by atoms with Crippen LogP contribution in [0.15, 0.2) is 24.3 Å². The fourth-order valence-electron chi connectivity index (χ4n) is 3.52. The van der Waals surface area contributed by atoms with Crippen molar-refractivity contribution in [1.29, 1.82) is 0 Å². The van der Waals surface area contributed by atoms with Crippen LogP contribution in [0.4, 0.5) is 0 Å². The van der Waals surface area contributed by atoms with Crippen molar-refractivity contribution < 1.29 is 5.11 Å². The van der Waals surface area contributed by atoms with Crippen LogP contribution in [0.2, 0.25) is 0 Å². The Hall–Kier alpha value is -1.06. The predicted octanol–water partition coefficient (Wildman–Crippen LogP) is 3.26. The molecule has 0 aliphatic carbocycles. The van der Waals surface area contributed by atoms with E-state index in [0.29, 0.717) is 17.8 Å². The van der Waals surface area contributed by atoms with Gasteiger partial charge in [0.25, 0.3) is 0 Å². The van der Waals surface area contributed by atoms with Gasteiger partial charge in [0.2, 0.25) is 0 Å². The molecule has 3 nitrogen and oxygen atoms in total. The van der Waals surface area contributed by atoms with Crippen molar-refractivity contribution in [3.05, 3.63) is 29.8 Å². The SMILES string of the molecule is CCC(c1ccccc1O)N(C)CC1CCCN1CC. The molecule has 1 aromatic carbocycles. The van der Waals surface area contributed by atoms with E-state index < -0.39 is 0 Å². The summed E-state index contributed by atoms with van der Waals surface area (Å²) in [5, 5.41) is 10.1. The average molecular weight is 276 g/mol. The number of phenolic OH excluding ortho intramolecular Hbond substituents is 1. The lowest BCUT2D eigenvalue weighted by atomic mass is 10.0. The summed E-state index contributed by atoms with van der Waals surface area (Å²) in [6.07, 6.45) is 3.64. The second-order valence-electron chi connectivity index (χ2n) is 5.85. The molecule has 0 saturated carbocycles. The predicted molar refractivity (Wildman–Crippen MR) is 84.0 cm³/mol. The Bertz CT molecular complexity index is 421. The number of nitrogens with zero attached hydrogens (tertiary/aromatic N) is 2. The number of para-hydroxylation sites is 1. The highest BCUT2D eigenvalue weighted by Gasteiger charge is 2.27. The number of phenols is 1. The summed E-state index contributed by atoms with van der Waals surface area (Å²) in [6.45, 7) is 7.91. The average Bonchev–Trinajstić information content (AvgIpc) is 2.89. The lowest BCUT2D eigenvalue weighted by Gasteiger charge is -2.33. The van der Waals surface area contributed by atoms with E-state index in [2.05, 4.69) is 30.7 Å². The van der Waals surface area contributed by atoms with Crippen molar-refractivity contribution in [2.75, 3.05) is 26.7 Å². The van der Waals surface area contributed by atoms with Gasteiger partial charge in [-0.25, -0.2) is 0 Å². The van der Waals surface area contributed by atoms with E-state index >= 15 is 0 Å². The summed E-state index contributed by atoms with van der Waals surface area (Å²) >= 11 is 0. The maximum Gasteiger partial charge on any atom is 0.120 e. The molecule has 1 aliphatic heterocycles. The summed E-state index contributed by atoms with van der Waals surface area (Å²) in [6, 6.07) is 8.72. The van der Waals surface area contributed by atoms with Crippen molar-refractivity contribution in [2.24, 2.45) is 0 Å². The highest BCUT2D eigenvalue weighted by Crippen LogP contribution is 2.31. The van der Waals surface area contributed by atoms with Crippen LogP contribution < -0.4 is 0 Å². The number of rotatable bonds is 6. The molecule has 0 aromatic heterocycles. The Kier molecular flexibility index (Phi) is 5.44. The monoisotopic (exact) mass is 276 g/mol. The molecule has 0 radical (unpaired) electrons. The van der Waals surface area contributed by atoms with Crippen LogP contribution >= 0.6 is 0 Å². The fraction of sp³-hybridized carbons (Fsp3) is 0.647. The van der Waals surface area contributed by atoms with Crippen LogP contribution in [0, 0.1) is 0 Å². The molecule has 3 heteroatoms. The Balaban J connectivity index is 2.06. The highest BCUT2D eigenvalue weighted by molar-refractivity contribution is 5.34. The molecule has 0 spiro atoms. The number of hydrogen-bond donors (Lipinski definition) is 1. The van der Waals surface area contributed by atoms with E-state index in [1.54, 1.807) is 6.07 Å². The largest absolute Gasteiger partial charge is 0.508 e. The molecule has 1 fully saturated rings. The van der Waals surface area contributed by atoms with E-state index in [1.807, 2.05) is 18.2 Å². The Morgan fingerprint density at radius 3 is 2.75 bits per heavy atom. The molecule has 1 aliphatic rings. The number of likely N-dealkylation sites (tertiary alicyclic amines) is 1. The van der Waals surface area contributed by atoms with Gasteiger partial charge < -0.3 is 5.11 Å². The van der Waals surface area contributed by atoms with Gasteiger partial charge in [0.1, 0.15) is 5.75 Å². The summed E-state index contributed by atoms with van der Waals surface area (Å²) in [5.41, 5.74) is 1.05. The molecule has 1 saturated heterocycles. The normalized spacial score (nSPS) is 21.5. The highest BCUT2D eigenvalue weighted by atomic mass is 16.3. The van der Waals surface area contributed by atoms with E-state index in [1.165, 1.54) is 19.4 Å². The Labute approximate surface area is 123 Å². The molecule has 1 N–H and O–H groups in total. The molecule has 2 atom stereocenters. The van der Waals surface area contributed by atoms with Gasteiger partial charge in [-0.15, -0.1) is 0 Å². The molecule has 112 valence electrons. The van der Waals surface area contributed by atoms with Crippen molar-refractivity contribution in [2.45, 2.75) is 45.2 Å². The smallest absolute Gasteiger partial charge is 0.120 e. The van der Waals surface area contributed by atoms with E-state index in [4.69, 9.17) is 0 Å². The lowest BCUT2D eigenvalue weighted by Crippen LogP contribution is -2.40. The van der Waals surface area contributed by atoms with Crippen LogP contribution in [0.5, 0.6) is 5.75 Å². The Morgan fingerprint density at radius 1 is 1.35 bits per heavy atom. The van der Waals surface area contributed by atoms with Gasteiger partial charge in [-0.1, -0.05) is 32.0 Å². The number of benzene rings is 1. The molecule has 1 aromatic rings. The fourth-order valence-corrected chi connectivity index (χ4v) is 3.52. The molecular weight excluding hydrogens is 248 g/mol. The van der Waals surface area contributed by atoms with Crippen LogP contribution in [0.1, 0.15) is 44.7 Å². The van der Waals surface area contributed by atoms with Crippen molar-refractivity contribution in [3.8, 4) is 5.75 Å². The van der Waals surface area contributed by atoms with Gasteiger partial charge in [0.15, 0.2) is 0 Å². The summed E-state index contributed by atoms with van der Waals surface area (Å²) in [7, 11) is 2.19. The van der Waals surface area contributed by atoms with E-state index in [0.717, 1.165) is 25.1 Å². The third-order valence-corrected chi connectivity index (χ3v) is 4.62. The van der Waals surface area contributed by atoms with Crippen LogP contribution in [-0.2, 0) is 0 Å². The Morgan fingerprint density at radius 2 is 2.10 bits per heavy atom. The van der Waals surface area contributed by atoms with E-state index in [9.17, 15) is 5.11 Å². The molecule has 0 amide bonds. The minimum Gasteiger partial charge on any atom is -0.508 e. The van der Waals surface area contributed by atoms with Gasteiger partial charge in [-0.2, -0.15) is 0 Å². The quantitative estimate of drug-likeness (QED) is 0.864. The molecule has 2 unspecified atom stereocenters. The number of likely N-dealkylation sites (N-methyl/N-ethyl adjacent to an activating group) is 2. The third kappa shape index (κ3) is 3.33. The number of aromatic hydroxyl groups is 1. The minimum absolute atomic E-state index is 0.301. The standard InChI is InChI=1S/C17H28N2O/c1-4-16(15-10-6-7-11-17(15)20)18(3)13-14-9-8-12-19(14)5-2/h6-7,10-11,14,16,20H,4-5,8-9,12-13H2,1-3H3. The first-order valence-corrected chi connectivity index (χ1v) is 7.89. The molecule has 1 heterocycles. The molecule has 0 bridgehead atoms. The van der Waals surface area contributed by atoms with Gasteiger partial charge in [0.05, 0.1) is 0 Å². The van der Waals surface area contributed by atoms with Crippen molar-refractivity contribution in [1.82, 2.24) is 9.80 Å². The van der Waals surface area contributed by atoms with Crippen molar-refractivity contribution >= 4 is 0 Å². The maximum absolute atomic E-state index is 10.1. The first kappa shape index (κ1) is 15.3. The van der Waals surface area contributed by atoms with Gasteiger partial charge in [-0.05, 0) is 45.5 Å². The molecule has 2 rings (SSSR count). The molecule has 20 heavy (non-hydrogen) atoms. The number of hydrogen-bond acceptors (Lipinski definition) is 3.